The molecule has 0 aromatic heterocycles. The van der Waals surface area contributed by atoms with Crippen LogP contribution in [0.5, 0.6) is 0 Å². The Bertz CT molecular complexity index is 49.8. The summed E-state index contributed by atoms with van der Waals surface area (Å²) in [7, 11) is 3.90. The van der Waals surface area contributed by atoms with E-state index >= 15 is 0 Å². The molecular formula is C7H17N2. The lowest BCUT2D eigenvalue weighted by Crippen LogP contribution is -2.52. The normalized spacial score (nSPS) is 12.0. The summed E-state index contributed by atoms with van der Waals surface area (Å²) < 4.78 is 0. The zero-order chi connectivity index (χ0) is 7.33. The van der Waals surface area contributed by atoms with Gasteiger partial charge in [-0.3, -0.25) is 0 Å². The summed E-state index contributed by atoms with van der Waals surface area (Å²) in [5, 5.41) is 6.38. The lowest BCUT2D eigenvalue weighted by Gasteiger charge is -2.30. The van der Waals surface area contributed by atoms with Gasteiger partial charge >= 0.3 is 0 Å². The van der Waals surface area contributed by atoms with E-state index in [0.29, 0.717) is 0 Å². The summed E-state index contributed by atoms with van der Waals surface area (Å²) in [5.41, 5.74) is 0.0556. The maximum atomic E-state index is 3.85. The van der Waals surface area contributed by atoms with Crippen molar-refractivity contribution in [2.24, 2.45) is 0 Å². The quantitative estimate of drug-likeness (QED) is 0.547. The summed E-state index contributed by atoms with van der Waals surface area (Å²) >= 11 is 0. The number of hydrogen-bond acceptors (Lipinski definition) is 2. The van der Waals surface area contributed by atoms with Crippen molar-refractivity contribution in [2.45, 2.75) is 25.4 Å². The van der Waals surface area contributed by atoms with Crippen LogP contribution in [0.4, 0.5) is 0 Å². The predicted molar refractivity (Wildman–Crippen MR) is 41.1 cm³/mol. The highest BCUT2D eigenvalue weighted by molar-refractivity contribution is 4.81. The molecule has 0 unspecified atom stereocenters. The van der Waals surface area contributed by atoms with Crippen LogP contribution in [-0.4, -0.2) is 19.8 Å². The van der Waals surface area contributed by atoms with Crippen LogP contribution in [0, 0.1) is 6.92 Å². The molecule has 0 atom stereocenters. The van der Waals surface area contributed by atoms with Crippen LogP contribution in [0.1, 0.15) is 19.8 Å². The molecule has 0 saturated heterocycles. The smallest absolute Gasteiger partial charge is 0.0679 e. The van der Waals surface area contributed by atoms with Crippen LogP contribution >= 0.6 is 0 Å². The molecule has 0 rings (SSSR count). The van der Waals surface area contributed by atoms with Crippen molar-refractivity contribution in [3.05, 3.63) is 6.92 Å². The number of rotatable bonds is 4. The van der Waals surface area contributed by atoms with Crippen molar-refractivity contribution in [1.29, 1.82) is 0 Å². The minimum atomic E-state index is 0.0556. The average molecular weight is 129 g/mol. The maximum Gasteiger partial charge on any atom is 0.0679 e. The first-order valence-corrected chi connectivity index (χ1v) is 3.41. The van der Waals surface area contributed by atoms with Crippen LogP contribution in [0.15, 0.2) is 0 Å². The molecule has 1 radical (unpaired) electrons. The largest absolute Gasteiger partial charge is 0.302 e. The summed E-state index contributed by atoms with van der Waals surface area (Å²) in [5.74, 6) is 0. The van der Waals surface area contributed by atoms with Gasteiger partial charge in [0.15, 0.2) is 0 Å². The summed E-state index contributed by atoms with van der Waals surface area (Å²) in [6.07, 6.45) is 1.93. The average Bonchev–Trinajstić information content (AvgIpc) is 1.95. The second-order valence-electron chi connectivity index (χ2n) is 2.19. The molecule has 0 spiro atoms. The molecule has 0 aromatic rings. The van der Waals surface area contributed by atoms with E-state index in [1.807, 2.05) is 14.1 Å². The standard InChI is InChI=1S/C7H17N2/c1-5-7(6-2,8-3)9-4/h8-9H,1,5-6H2,2-4H3. The summed E-state index contributed by atoms with van der Waals surface area (Å²) in [6.45, 7) is 5.98. The van der Waals surface area contributed by atoms with E-state index in [0.717, 1.165) is 12.8 Å². The fourth-order valence-electron chi connectivity index (χ4n) is 0.905. The van der Waals surface area contributed by atoms with Gasteiger partial charge in [0, 0.05) is 0 Å². The minimum Gasteiger partial charge on any atom is -0.302 e. The lowest BCUT2D eigenvalue weighted by molar-refractivity contribution is 0.286. The van der Waals surface area contributed by atoms with Crippen LogP contribution < -0.4 is 10.6 Å². The monoisotopic (exact) mass is 129 g/mol. The molecule has 0 heterocycles. The van der Waals surface area contributed by atoms with E-state index in [-0.39, 0.29) is 5.66 Å². The highest BCUT2D eigenvalue weighted by Gasteiger charge is 2.19. The zero-order valence-corrected chi connectivity index (χ0v) is 6.62. The van der Waals surface area contributed by atoms with Gasteiger partial charge in [0.25, 0.3) is 0 Å². The predicted octanol–water partition coefficient (Wildman–Crippen LogP) is 0.756. The first kappa shape index (κ1) is 8.92. The van der Waals surface area contributed by atoms with Gasteiger partial charge in [-0.25, -0.2) is 0 Å². The van der Waals surface area contributed by atoms with E-state index < -0.39 is 0 Å². The van der Waals surface area contributed by atoms with Gasteiger partial charge in [-0.1, -0.05) is 13.8 Å². The van der Waals surface area contributed by atoms with Crippen molar-refractivity contribution in [1.82, 2.24) is 10.6 Å². The highest BCUT2D eigenvalue weighted by atomic mass is 15.2. The third-order valence-corrected chi connectivity index (χ3v) is 1.99. The van der Waals surface area contributed by atoms with Gasteiger partial charge < -0.3 is 10.6 Å². The van der Waals surface area contributed by atoms with Crippen molar-refractivity contribution >= 4 is 0 Å². The molecule has 0 amide bonds. The van der Waals surface area contributed by atoms with Gasteiger partial charge in [0.1, 0.15) is 0 Å². The Hall–Kier alpha value is -0.0800. The van der Waals surface area contributed by atoms with Gasteiger partial charge in [-0.15, -0.1) is 0 Å². The molecule has 0 aliphatic carbocycles. The first-order valence-electron chi connectivity index (χ1n) is 3.41. The number of hydrogen-bond donors (Lipinski definition) is 2. The maximum absolute atomic E-state index is 3.85. The lowest BCUT2D eigenvalue weighted by atomic mass is 10.1. The Morgan fingerprint density at radius 1 is 1.33 bits per heavy atom. The molecule has 9 heavy (non-hydrogen) atoms. The molecule has 0 aliphatic heterocycles. The summed E-state index contributed by atoms with van der Waals surface area (Å²) in [6, 6.07) is 0. The van der Waals surface area contributed by atoms with Crippen LogP contribution in [0.3, 0.4) is 0 Å². The van der Waals surface area contributed by atoms with E-state index in [4.69, 9.17) is 0 Å². The number of nitrogens with one attached hydrogen (secondary N) is 2. The molecule has 2 nitrogen and oxygen atoms in total. The molecule has 0 bridgehead atoms. The van der Waals surface area contributed by atoms with Crippen molar-refractivity contribution in [3.8, 4) is 0 Å². The van der Waals surface area contributed by atoms with Crippen LogP contribution in [0.2, 0.25) is 0 Å². The molecule has 2 N–H and O–H groups in total. The Morgan fingerprint density at radius 3 is 1.78 bits per heavy atom. The Kier molecular flexibility index (Phi) is 3.82. The molecular weight excluding hydrogens is 112 g/mol. The molecule has 55 valence electrons. The second kappa shape index (κ2) is 3.85. The van der Waals surface area contributed by atoms with Crippen LogP contribution in [-0.2, 0) is 0 Å². The van der Waals surface area contributed by atoms with Gasteiger partial charge in [-0.05, 0) is 26.9 Å². The molecule has 0 saturated carbocycles. The third-order valence-electron chi connectivity index (χ3n) is 1.99. The van der Waals surface area contributed by atoms with Crippen molar-refractivity contribution in [3.63, 3.8) is 0 Å². The molecule has 0 aliphatic rings. The Labute approximate surface area is 58.0 Å². The SMILES string of the molecule is [CH2]CC(CC)(NC)NC. The molecule has 0 fully saturated rings. The van der Waals surface area contributed by atoms with E-state index in [9.17, 15) is 0 Å². The van der Waals surface area contributed by atoms with Gasteiger partial charge in [0.2, 0.25) is 0 Å². The van der Waals surface area contributed by atoms with Gasteiger partial charge in [-0.2, -0.15) is 0 Å². The second-order valence-corrected chi connectivity index (χ2v) is 2.19. The van der Waals surface area contributed by atoms with Crippen molar-refractivity contribution in [2.75, 3.05) is 14.1 Å². The zero-order valence-electron chi connectivity index (χ0n) is 6.62. The van der Waals surface area contributed by atoms with E-state index in [1.165, 1.54) is 0 Å². The Morgan fingerprint density at radius 2 is 1.78 bits per heavy atom. The topological polar surface area (TPSA) is 24.1 Å². The Balaban J connectivity index is 3.82. The van der Waals surface area contributed by atoms with Crippen molar-refractivity contribution < 1.29 is 0 Å². The van der Waals surface area contributed by atoms with Gasteiger partial charge in [0.05, 0.1) is 5.66 Å². The fraction of sp³-hybridized carbons (Fsp3) is 0.857. The fourth-order valence-corrected chi connectivity index (χ4v) is 0.905. The highest BCUT2D eigenvalue weighted by Crippen LogP contribution is 2.07. The minimum absolute atomic E-state index is 0.0556. The van der Waals surface area contributed by atoms with E-state index in [1.54, 1.807) is 0 Å². The molecule has 0 aromatic carbocycles. The molecule has 2 heteroatoms. The summed E-state index contributed by atoms with van der Waals surface area (Å²) in [4.78, 5) is 0. The van der Waals surface area contributed by atoms with E-state index in [2.05, 4.69) is 24.5 Å². The van der Waals surface area contributed by atoms with Crippen LogP contribution in [0.25, 0.3) is 0 Å². The third kappa shape index (κ3) is 1.95. The first-order chi connectivity index (χ1) is 4.24.